The minimum Gasteiger partial charge on any atom is -0.409 e. The molecule has 0 saturated heterocycles. The van der Waals surface area contributed by atoms with Crippen LogP contribution < -0.4 is 16.8 Å². The molecule has 1 atom stereocenters. The lowest BCUT2D eigenvalue weighted by Crippen LogP contribution is -2.42. The van der Waals surface area contributed by atoms with Crippen molar-refractivity contribution in [3.05, 3.63) is 0 Å². The Morgan fingerprint density at radius 2 is 1.94 bits per heavy atom. The number of amidine groups is 1. The fourth-order valence-corrected chi connectivity index (χ4v) is 1.26. The molecule has 0 saturated carbocycles. The average molecular weight is 230 g/mol. The normalized spacial score (nSPS) is 13.6. The van der Waals surface area contributed by atoms with E-state index in [1.165, 1.54) is 0 Å². The van der Waals surface area contributed by atoms with Gasteiger partial charge in [-0.15, -0.1) is 0 Å². The van der Waals surface area contributed by atoms with Crippen LogP contribution in [0.3, 0.4) is 0 Å². The Kier molecular flexibility index (Phi) is 5.91. The van der Waals surface area contributed by atoms with Crippen LogP contribution in [0.15, 0.2) is 5.16 Å². The third-order valence-electron chi connectivity index (χ3n) is 2.05. The summed E-state index contributed by atoms with van der Waals surface area (Å²) >= 11 is 0. The van der Waals surface area contributed by atoms with Crippen LogP contribution in [0.1, 0.15) is 20.3 Å². The number of primary amides is 1. The highest BCUT2D eigenvalue weighted by Crippen LogP contribution is 2.11. The van der Waals surface area contributed by atoms with Crippen LogP contribution in [0, 0.1) is 11.8 Å². The molecule has 0 fully saturated rings. The number of rotatable bonds is 6. The first-order valence-corrected chi connectivity index (χ1v) is 4.93. The highest BCUT2D eigenvalue weighted by molar-refractivity contribution is 6.02. The summed E-state index contributed by atoms with van der Waals surface area (Å²) in [5.74, 6) is -1.84. The van der Waals surface area contributed by atoms with Crippen molar-refractivity contribution in [2.45, 2.75) is 20.3 Å². The van der Waals surface area contributed by atoms with Crippen molar-refractivity contribution < 1.29 is 14.8 Å². The first-order chi connectivity index (χ1) is 7.40. The molecule has 0 aromatic rings. The maximum atomic E-state index is 11.6. The zero-order valence-corrected chi connectivity index (χ0v) is 9.43. The maximum Gasteiger partial charge on any atom is 0.231 e. The lowest BCUT2D eigenvalue weighted by molar-refractivity contribution is -0.124. The molecule has 7 nitrogen and oxygen atoms in total. The van der Waals surface area contributed by atoms with E-state index in [1.54, 1.807) is 13.8 Å². The second kappa shape index (κ2) is 6.65. The summed E-state index contributed by atoms with van der Waals surface area (Å²) in [4.78, 5) is 22.1. The number of hydrogen-bond donors (Lipinski definition) is 4. The topological polar surface area (TPSA) is 131 Å². The molecule has 0 aromatic heterocycles. The van der Waals surface area contributed by atoms with Crippen LogP contribution in [0.4, 0.5) is 0 Å². The Labute approximate surface area is 93.9 Å². The van der Waals surface area contributed by atoms with E-state index >= 15 is 0 Å². The number of carbonyl (C=O) groups excluding carboxylic acids is 2. The van der Waals surface area contributed by atoms with E-state index in [2.05, 4.69) is 10.5 Å². The Balaban J connectivity index is 4.35. The van der Waals surface area contributed by atoms with E-state index < -0.39 is 11.8 Å². The molecule has 0 aliphatic heterocycles. The van der Waals surface area contributed by atoms with Gasteiger partial charge in [0.25, 0.3) is 0 Å². The van der Waals surface area contributed by atoms with Crippen LogP contribution in [0.25, 0.3) is 0 Å². The van der Waals surface area contributed by atoms with Gasteiger partial charge >= 0.3 is 0 Å². The van der Waals surface area contributed by atoms with Crippen LogP contribution in [0.5, 0.6) is 0 Å². The summed E-state index contributed by atoms with van der Waals surface area (Å²) in [6.07, 6.45) is 0.0622. The van der Waals surface area contributed by atoms with Gasteiger partial charge in [0.1, 0.15) is 5.92 Å². The molecule has 0 radical (unpaired) electrons. The van der Waals surface area contributed by atoms with E-state index in [-0.39, 0.29) is 30.6 Å². The Bertz CT molecular complexity index is 288. The van der Waals surface area contributed by atoms with E-state index in [0.29, 0.717) is 0 Å². The van der Waals surface area contributed by atoms with Crippen LogP contribution in [0.2, 0.25) is 0 Å². The first-order valence-electron chi connectivity index (χ1n) is 4.93. The first kappa shape index (κ1) is 14.2. The molecule has 92 valence electrons. The minimum absolute atomic E-state index is 0.0622. The van der Waals surface area contributed by atoms with Gasteiger partial charge in [-0.1, -0.05) is 19.0 Å². The Hall–Kier alpha value is -1.79. The highest BCUT2D eigenvalue weighted by atomic mass is 16.4. The third kappa shape index (κ3) is 4.63. The van der Waals surface area contributed by atoms with Gasteiger partial charge in [0, 0.05) is 13.0 Å². The number of nitrogens with one attached hydrogen (secondary N) is 1. The van der Waals surface area contributed by atoms with E-state index in [1.807, 2.05) is 0 Å². The van der Waals surface area contributed by atoms with Crippen LogP contribution >= 0.6 is 0 Å². The minimum atomic E-state index is -0.710. The molecule has 2 amide bonds. The quantitative estimate of drug-likeness (QED) is 0.201. The van der Waals surface area contributed by atoms with Gasteiger partial charge in [0.05, 0.1) is 0 Å². The number of amides is 2. The summed E-state index contributed by atoms with van der Waals surface area (Å²) in [6, 6.07) is 0. The fourth-order valence-electron chi connectivity index (χ4n) is 1.26. The molecule has 6 N–H and O–H groups in total. The Morgan fingerprint density at radius 1 is 1.38 bits per heavy atom. The molecule has 0 aliphatic rings. The molecular formula is C9H18N4O3. The lowest BCUT2D eigenvalue weighted by Gasteiger charge is -2.18. The molecule has 0 heterocycles. The lowest BCUT2D eigenvalue weighted by atomic mass is 9.94. The van der Waals surface area contributed by atoms with E-state index in [0.717, 1.165) is 0 Å². The average Bonchev–Trinajstić information content (AvgIpc) is 2.16. The second-order valence-electron chi connectivity index (χ2n) is 3.75. The molecule has 1 unspecified atom stereocenters. The van der Waals surface area contributed by atoms with Gasteiger partial charge in [-0.2, -0.15) is 0 Å². The number of hydrogen-bond acceptors (Lipinski definition) is 4. The van der Waals surface area contributed by atoms with Crippen molar-refractivity contribution in [2.75, 3.05) is 6.54 Å². The van der Waals surface area contributed by atoms with Gasteiger partial charge < -0.3 is 22.0 Å². The molecule has 0 aliphatic carbocycles. The number of carbonyl (C=O) groups is 2. The molecule has 7 heteroatoms. The molecular weight excluding hydrogens is 212 g/mol. The van der Waals surface area contributed by atoms with Gasteiger partial charge in [-0.3, -0.25) is 9.59 Å². The highest BCUT2D eigenvalue weighted by Gasteiger charge is 2.26. The maximum absolute atomic E-state index is 11.6. The fraction of sp³-hybridized carbons (Fsp3) is 0.667. The molecule has 16 heavy (non-hydrogen) atoms. The van der Waals surface area contributed by atoms with Gasteiger partial charge in [0.2, 0.25) is 11.8 Å². The molecule has 0 spiro atoms. The monoisotopic (exact) mass is 230 g/mol. The van der Waals surface area contributed by atoms with Crippen molar-refractivity contribution in [3.63, 3.8) is 0 Å². The summed E-state index contributed by atoms with van der Waals surface area (Å²) in [7, 11) is 0. The predicted octanol–water partition coefficient (Wildman–Crippen LogP) is -1.00. The summed E-state index contributed by atoms with van der Waals surface area (Å²) in [6.45, 7) is 3.70. The van der Waals surface area contributed by atoms with Crippen molar-refractivity contribution >= 4 is 17.6 Å². The van der Waals surface area contributed by atoms with Crippen LogP contribution in [-0.2, 0) is 9.59 Å². The zero-order valence-electron chi connectivity index (χ0n) is 9.43. The SMILES string of the molecule is CC(C)C(C(=O)NCCC(N)=O)C(N)=NO. The summed E-state index contributed by atoms with van der Waals surface area (Å²) in [5, 5.41) is 13.8. The zero-order chi connectivity index (χ0) is 12.7. The molecule has 0 aromatic carbocycles. The summed E-state index contributed by atoms with van der Waals surface area (Å²) < 4.78 is 0. The van der Waals surface area contributed by atoms with E-state index in [9.17, 15) is 9.59 Å². The largest absolute Gasteiger partial charge is 0.409 e. The van der Waals surface area contributed by atoms with Crippen molar-refractivity contribution in [1.29, 1.82) is 0 Å². The predicted molar refractivity (Wildman–Crippen MR) is 58.6 cm³/mol. The smallest absolute Gasteiger partial charge is 0.231 e. The second-order valence-corrected chi connectivity index (χ2v) is 3.75. The Morgan fingerprint density at radius 3 is 2.31 bits per heavy atom. The van der Waals surface area contributed by atoms with Crippen LogP contribution in [-0.4, -0.2) is 29.4 Å². The van der Waals surface area contributed by atoms with Crippen molar-refractivity contribution in [3.8, 4) is 0 Å². The summed E-state index contributed by atoms with van der Waals surface area (Å²) in [5.41, 5.74) is 10.3. The van der Waals surface area contributed by atoms with E-state index in [4.69, 9.17) is 16.7 Å². The standard InChI is InChI=1S/C9H18N4O3/c1-5(2)7(8(11)13-16)9(15)12-4-3-6(10)14/h5,7,16H,3-4H2,1-2H3,(H2,10,14)(H2,11,13)(H,12,15). The molecule has 0 bridgehead atoms. The van der Waals surface area contributed by atoms with Crippen molar-refractivity contribution in [2.24, 2.45) is 28.5 Å². The van der Waals surface area contributed by atoms with Gasteiger partial charge in [0.15, 0.2) is 5.84 Å². The number of oxime groups is 1. The number of nitrogens with zero attached hydrogens (tertiary/aromatic N) is 1. The van der Waals surface area contributed by atoms with Gasteiger partial charge in [-0.05, 0) is 5.92 Å². The van der Waals surface area contributed by atoms with Gasteiger partial charge in [-0.25, -0.2) is 0 Å². The third-order valence-corrected chi connectivity index (χ3v) is 2.05. The van der Waals surface area contributed by atoms with Crippen molar-refractivity contribution in [1.82, 2.24) is 5.32 Å². The molecule has 0 rings (SSSR count). The number of nitrogens with two attached hydrogens (primary N) is 2.